The average Bonchev–Trinajstić information content (AvgIpc) is 3.52. The molecular formula is C25H23Cl2FN4O2S. The van der Waals surface area contributed by atoms with Gasteiger partial charge in [-0.1, -0.05) is 41.4 Å². The number of amides is 1. The first kappa shape index (κ1) is 25.2. The Morgan fingerprint density at radius 1 is 1.14 bits per heavy atom. The molecule has 0 aliphatic carbocycles. The molecule has 182 valence electrons. The van der Waals surface area contributed by atoms with Crippen molar-refractivity contribution in [1.29, 1.82) is 0 Å². The van der Waals surface area contributed by atoms with Gasteiger partial charge >= 0.3 is 0 Å². The van der Waals surface area contributed by atoms with Gasteiger partial charge in [0.05, 0.1) is 12.8 Å². The van der Waals surface area contributed by atoms with Crippen LogP contribution in [0.4, 0.5) is 9.52 Å². The summed E-state index contributed by atoms with van der Waals surface area (Å²) < 4.78 is 23.1. The van der Waals surface area contributed by atoms with Crippen molar-refractivity contribution in [2.45, 2.75) is 25.8 Å². The highest BCUT2D eigenvalue weighted by Crippen LogP contribution is 2.23. The Balaban J connectivity index is 1.34. The standard InChI is InChI=1S/C25H23Cl2FN4O2S/c26-19-6-5-18(22(27)15-19)9-11-29-24(33)10-12-32(16-21-2-1-13-34-21)25-30-23(31-35-25)14-17-3-7-20(28)8-4-17/h1-8,13,15H,9-12,14,16H2,(H,29,33). The van der Waals surface area contributed by atoms with E-state index in [0.717, 1.165) is 16.9 Å². The molecule has 2 aromatic heterocycles. The lowest BCUT2D eigenvalue weighted by Gasteiger charge is -2.20. The summed E-state index contributed by atoms with van der Waals surface area (Å²) in [6.45, 7) is 1.38. The zero-order chi connectivity index (χ0) is 24.6. The molecule has 2 aromatic carbocycles. The van der Waals surface area contributed by atoms with Crippen LogP contribution in [0.15, 0.2) is 65.3 Å². The Hall–Kier alpha value is -2.94. The minimum Gasteiger partial charge on any atom is -0.467 e. The molecule has 0 aliphatic heterocycles. The summed E-state index contributed by atoms with van der Waals surface area (Å²) in [6.07, 6.45) is 3.00. The quantitative estimate of drug-likeness (QED) is 0.259. The van der Waals surface area contributed by atoms with Gasteiger partial charge in [-0.25, -0.2) is 9.37 Å². The van der Waals surface area contributed by atoms with Gasteiger partial charge < -0.3 is 14.6 Å². The van der Waals surface area contributed by atoms with Gasteiger partial charge in [0.15, 0.2) is 0 Å². The molecule has 4 aromatic rings. The summed E-state index contributed by atoms with van der Waals surface area (Å²) in [5.41, 5.74) is 1.85. The molecule has 10 heteroatoms. The smallest absolute Gasteiger partial charge is 0.221 e. The van der Waals surface area contributed by atoms with Crippen LogP contribution in [0, 0.1) is 5.82 Å². The third kappa shape index (κ3) is 7.52. The molecular weight excluding hydrogens is 510 g/mol. The number of halogens is 3. The van der Waals surface area contributed by atoms with Crippen LogP contribution in [0.5, 0.6) is 0 Å². The zero-order valence-corrected chi connectivity index (χ0v) is 21.0. The Bertz CT molecular complexity index is 1250. The van der Waals surface area contributed by atoms with E-state index in [2.05, 4.69) is 14.7 Å². The van der Waals surface area contributed by atoms with Gasteiger partial charge in [-0.2, -0.15) is 4.37 Å². The number of anilines is 1. The first-order valence-electron chi connectivity index (χ1n) is 11.0. The summed E-state index contributed by atoms with van der Waals surface area (Å²) in [5, 5.41) is 4.80. The van der Waals surface area contributed by atoms with Crippen molar-refractivity contribution in [3.8, 4) is 0 Å². The van der Waals surface area contributed by atoms with Gasteiger partial charge in [0.2, 0.25) is 11.0 Å². The van der Waals surface area contributed by atoms with Crippen molar-refractivity contribution in [1.82, 2.24) is 14.7 Å². The Labute approximate surface area is 216 Å². The van der Waals surface area contributed by atoms with Gasteiger partial charge in [0.1, 0.15) is 17.4 Å². The van der Waals surface area contributed by atoms with E-state index in [4.69, 9.17) is 27.6 Å². The van der Waals surface area contributed by atoms with Crippen LogP contribution >= 0.6 is 34.7 Å². The molecule has 0 spiro atoms. The summed E-state index contributed by atoms with van der Waals surface area (Å²) >= 11 is 13.4. The van der Waals surface area contributed by atoms with Crippen molar-refractivity contribution in [2.75, 3.05) is 18.0 Å². The van der Waals surface area contributed by atoms with Crippen molar-refractivity contribution < 1.29 is 13.6 Å². The van der Waals surface area contributed by atoms with E-state index >= 15 is 0 Å². The highest BCUT2D eigenvalue weighted by atomic mass is 35.5. The predicted octanol–water partition coefficient (Wildman–Crippen LogP) is 5.92. The predicted molar refractivity (Wildman–Crippen MR) is 137 cm³/mol. The van der Waals surface area contributed by atoms with Gasteiger partial charge in [0.25, 0.3) is 0 Å². The number of hydrogen-bond donors (Lipinski definition) is 1. The highest BCUT2D eigenvalue weighted by molar-refractivity contribution is 7.09. The Morgan fingerprint density at radius 2 is 1.97 bits per heavy atom. The second-order valence-corrected chi connectivity index (χ2v) is 9.46. The highest BCUT2D eigenvalue weighted by Gasteiger charge is 2.16. The van der Waals surface area contributed by atoms with E-state index in [1.807, 2.05) is 23.1 Å². The molecule has 0 aliphatic rings. The lowest BCUT2D eigenvalue weighted by atomic mass is 10.1. The van der Waals surface area contributed by atoms with Crippen LogP contribution in [-0.2, 0) is 24.2 Å². The summed E-state index contributed by atoms with van der Waals surface area (Å²) in [5.74, 6) is 1.05. The zero-order valence-electron chi connectivity index (χ0n) is 18.7. The molecule has 0 atom stereocenters. The molecule has 1 amide bonds. The summed E-state index contributed by atoms with van der Waals surface area (Å²) in [7, 11) is 0. The number of aromatic nitrogens is 2. The maximum absolute atomic E-state index is 13.2. The van der Waals surface area contributed by atoms with Gasteiger partial charge in [-0.05, 0) is 53.9 Å². The Kier molecular flexibility index (Phi) is 8.74. The van der Waals surface area contributed by atoms with Gasteiger partial charge in [-0.3, -0.25) is 4.79 Å². The largest absolute Gasteiger partial charge is 0.467 e. The molecule has 0 saturated heterocycles. The van der Waals surface area contributed by atoms with Crippen LogP contribution < -0.4 is 10.2 Å². The monoisotopic (exact) mass is 532 g/mol. The molecule has 4 rings (SSSR count). The number of furan rings is 1. The lowest BCUT2D eigenvalue weighted by molar-refractivity contribution is -0.120. The third-order valence-corrected chi connectivity index (χ3v) is 6.67. The van der Waals surface area contributed by atoms with E-state index in [1.165, 1.54) is 23.7 Å². The van der Waals surface area contributed by atoms with Gasteiger partial charge in [-0.15, -0.1) is 0 Å². The first-order valence-corrected chi connectivity index (χ1v) is 12.5. The lowest BCUT2D eigenvalue weighted by Crippen LogP contribution is -2.31. The number of hydrogen-bond acceptors (Lipinski definition) is 6. The van der Waals surface area contributed by atoms with Crippen molar-refractivity contribution >= 4 is 45.8 Å². The Morgan fingerprint density at radius 3 is 2.71 bits per heavy atom. The second kappa shape index (κ2) is 12.2. The van der Waals surface area contributed by atoms with Crippen LogP contribution in [0.3, 0.4) is 0 Å². The number of rotatable bonds is 11. The maximum Gasteiger partial charge on any atom is 0.221 e. The molecule has 6 nitrogen and oxygen atoms in total. The molecule has 2 heterocycles. The average molecular weight is 533 g/mol. The van der Waals surface area contributed by atoms with Crippen LogP contribution in [0.25, 0.3) is 0 Å². The van der Waals surface area contributed by atoms with Crippen molar-refractivity contribution in [3.05, 3.63) is 99.4 Å². The second-order valence-electron chi connectivity index (χ2n) is 7.88. The van der Waals surface area contributed by atoms with E-state index in [9.17, 15) is 9.18 Å². The maximum atomic E-state index is 13.2. The summed E-state index contributed by atoms with van der Waals surface area (Å²) in [4.78, 5) is 19.1. The van der Waals surface area contributed by atoms with Crippen LogP contribution in [0.2, 0.25) is 10.0 Å². The van der Waals surface area contributed by atoms with Crippen LogP contribution in [0.1, 0.15) is 29.1 Å². The number of carbonyl (C=O) groups is 1. The third-order valence-electron chi connectivity index (χ3n) is 5.27. The number of nitrogens with zero attached hydrogens (tertiary/aromatic N) is 3. The first-order chi connectivity index (χ1) is 17.0. The van der Waals surface area contributed by atoms with Crippen molar-refractivity contribution in [3.63, 3.8) is 0 Å². The molecule has 0 unspecified atom stereocenters. The van der Waals surface area contributed by atoms with E-state index in [-0.39, 0.29) is 18.1 Å². The minimum absolute atomic E-state index is 0.0735. The molecule has 0 saturated carbocycles. The molecule has 35 heavy (non-hydrogen) atoms. The van der Waals surface area contributed by atoms with E-state index < -0.39 is 0 Å². The van der Waals surface area contributed by atoms with Crippen LogP contribution in [-0.4, -0.2) is 28.4 Å². The number of benzene rings is 2. The SMILES string of the molecule is O=C(CCN(Cc1ccco1)c1nc(Cc2ccc(F)cc2)ns1)NCCc1ccc(Cl)cc1Cl. The fourth-order valence-electron chi connectivity index (χ4n) is 3.45. The minimum atomic E-state index is -0.278. The van der Waals surface area contributed by atoms with Gasteiger partial charge in [0, 0.05) is 47.5 Å². The summed E-state index contributed by atoms with van der Waals surface area (Å²) in [6, 6.07) is 15.3. The normalized spacial score (nSPS) is 10.9. The molecule has 0 radical (unpaired) electrons. The topological polar surface area (TPSA) is 71.3 Å². The fraction of sp³-hybridized carbons (Fsp3) is 0.240. The fourth-order valence-corrected chi connectivity index (χ4v) is 4.66. The van der Waals surface area contributed by atoms with Crippen molar-refractivity contribution in [2.24, 2.45) is 0 Å². The number of carbonyl (C=O) groups excluding carboxylic acids is 1. The number of nitrogens with one attached hydrogen (secondary N) is 1. The molecule has 1 N–H and O–H groups in total. The molecule has 0 fully saturated rings. The van der Waals surface area contributed by atoms with E-state index in [1.54, 1.807) is 30.5 Å². The van der Waals surface area contributed by atoms with E-state index in [0.29, 0.717) is 53.5 Å². The molecule has 0 bridgehead atoms.